The Balaban J connectivity index is 1.79. The van der Waals surface area contributed by atoms with Crippen molar-refractivity contribution in [2.75, 3.05) is 26.7 Å². The third kappa shape index (κ3) is 5.81. The summed E-state index contributed by atoms with van der Waals surface area (Å²) in [7, 11) is 1.61. The molecule has 0 aliphatic carbocycles. The van der Waals surface area contributed by atoms with Gasteiger partial charge in [0, 0.05) is 24.7 Å². The van der Waals surface area contributed by atoms with Crippen LogP contribution in [0.3, 0.4) is 0 Å². The molecule has 0 aromatic heterocycles. The summed E-state index contributed by atoms with van der Waals surface area (Å²) in [5.74, 6) is -0.0731. The van der Waals surface area contributed by atoms with E-state index in [0.717, 1.165) is 11.3 Å². The second-order valence-electron chi connectivity index (χ2n) is 5.92. The van der Waals surface area contributed by atoms with Crippen molar-refractivity contribution in [3.05, 3.63) is 69.8 Å². The summed E-state index contributed by atoms with van der Waals surface area (Å²) in [4.78, 5) is 35.8. The van der Waals surface area contributed by atoms with Crippen molar-refractivity contribution in [1.29, 1.82) is 0 Å². The zero-order chi connectivity index (χ0) is 19.8. The Morgan fingerprint density at radius 3 is 2.63 bits per heavy atom. The number of carbonyl (C=O) groups excluding carboxylic acids is 2. The fraction of sp³-hybridized carbons (Fsp3) is 0.263. The first-order valence-electron chi connectivity index (χ1n) is 8.33. The molecule has 0 aliphatic rings. The van der Waals surface area contributed by atoms with Crippen LogP contribution in [0.5, 0.6) is 5.75 Å². The maximum absolute atomic E-state index is 12.1. The molecule has 27 heavy (non-hydrogen) atoms. The van der Waals surface area contributed by atoms with E-state index in [4.69, 9.17) is 4.74 Å². The van der Waals surface area contributed by atoms with Crippen LogP contribution in [0.2, 0.25) is 0 Å². The summed E-state index contributed by atoms with van der Waals surface area (Å²) in [5, 5.41) is 13.2. The smallest absolute Gasteiger partial charge is 0.270 e. The van der Waals surface area contributed by atoms with E-state index < -0.39 is 10.8 Å². The van der Waals surface area contributed by atoms with Crippen LogP contribution in [-0.2, 0) is 4.79 Å². The number of nitro benzene ring substituents is 1. The fourth-order valence-corrected chi connectivity index (χ4v) is 2.29. The van der Waals surface area contributed by atoms with Gasteiger partial charge >= 0.3 is 0 Å². The highest BCUT2D eigenvalue weighted by atomic mass is 16.6. The highest BCUT2D eigenvalue weighted by molar-refractivity contribution is 5.96. The van der Waals surface area contributed by atoms with Crippen LogP contribution in [0, 0.1) is 17.0 Å². The predicted molar refractivity (Wildman–Crippen MR) is 99.7 cm³/mol. The molecule has 2 aromatic rings. The number of nitro groups is 1. The SMILES string of the molecule is Cc1ccccc1OCCN(C)C(=O)CNC(=O)c1cccc([N+](=O)[O-])c1. The van der Waals surface area contributed by atoms with Crippen LogP contribution >= 0.6 is 0 Å². The lowest BCUT2D eigenvalue weighted by Crippen LogP contribution is -2.39. The van der Waals surface area contributed by atoms with Crippen molar-refractivity contribution in [2.24, 2.45) is 0 Å². The van der Waals surface area contributed by atoms with Gasteiger partial charge in [-0.3, -0.25) is 19.7 Å². The zero-order valence-corrected chi connectivity index (χ0v) is 15.2. The Hall–Kier alpha value is -3.42. The van der Waals surface area contributed by atoms with Gasteiger partial charge in [0.05, 0.1) is 18.0 Å². The highest BCUT2D eigenvalue weighted by Gasteiger charge is 2.14. The number of hydrogen-bond acceptors (Lipinski definition) is 5. The molecule has 2 aromatic carbocycles. The van der Waals surface area contributed by atoms with Gasteiger partial charge in [0.25, 0.3) is 11.6 Å². The molecule has 0 unspecified atom stereocenters. The average Bonchev–Trinajstić information content (AvgIpc) is 2.67. The Morgan fingerprint density at radius 1 is 1.19 bits per heavy atom. The van der Waals surface area contributed by atoms with Crippen molar-refractivity contribution < 1.29 is 19.2 Å². The van der Waals surface area contributed by atoms with E-state index in [0.29, 0.717) is 13.2 Å². The first-order chi connectivity index (χ1) is 12.9. The van der Waals surface area contributed by atoms with E-state index in [1.807, 2.05) is 31.2 Å². The molecule has 0 fully saturated rings. The van der Waals surface area contributed by atoms with Crippen molar-refractivity contribution in [1.82, 2.24) is 10.2 Å². The van der Waals surface area contributed by atoms with Crippen LogP contribution in [0.1, 0.15) is 15.9 Å². The molecular weight excluding hydrogens is 350 g/mol. The Kier molecular flexibility index (Phi) is 6.87. The number of rotatable bonds is 8. The molecule has 0 aliphatic heterocycles. The van der Waals surface area contributed by atoms with E-state index >= 15 is 0 Å². The number of nitrogens with one attached hydrogen (secondary N) is 1. The van der Waals surface area contributed by atoms with E-state index in [1.54, 1.807) is 7.05 Å². The number of benzene rings is 2. The number of likely N-dealkylation sites (N-methyl/N-ethyl adjacent to an activating group) is 1. The molecule has 0 saturated heterocycles. The van der Waals surface area contributed by atoms with E-state index in [-0.39, 0.29) is 23.7 Å². The lowest BCUT2D eigenvalue weighted by Gasteiger charge is -2.18. The number of aryl methyl sites for hydroxylation is 1. The molecule has 2 amide bonds. The molecule has 0 atom stereocenters. The van der Waals surface area contributed by atoms with Crippen LogP contribution in [-0.4, -0.2) is 48.4 Å². The zero-order valence-electron chi connectivity index (χ0n) is 15.2. The van der Waals surface area contributed by atoms with Crippen LogP contribution in [0.4, 0.5) is 5.69 Å². The predicted octanol–water partition coefficient (Wildman–Crippen LogP) is 2.17. The molecule has 0 spiro atoms. The number of para-hydroxylation sites is 1. The standard InChI is InChI=1S/C19H21N3O5/c1-14-6-3-4-9-17(14)27-11-10-21(2)18(23)13-20-19(24)15-7-5-8-16(12-15)22(25)26/h3-9,12H,10-11,13H2,1-2H3,(H,20,24). The maximum atomic E-state index is 12.1. The van der Waals surface area contributed by atoms with Gasteiger partial charge in [-0.05, 0) is 24.6 Å². The van der Waals surface area contributed by atoms with Gasteiger partial charge in [-0.2, -0.15) is 0 Å². The number of ether oxygens (including phenoxy) is 1. The molecule has 0 radical (unpaired) electrons. The Labute approximate surface area is 156 Å². The number of nitrogens with zero attached hydrogens (tertiary/aromatic N) is 2. The second kappa shape index (κ2) is 9.33. The monoisotopic (exact) mass is 371 g/mol. The first-order valence-corrected chi connectivity index (χ1v) is 8.33. The highest BCUT2D eigenvalue weighted by Crippen LogP contribution is 2.16. The lowest BCUT2D eigenvalue weighted by atomic mass is 10.2. The Bertz CT molecular complexity index is 838. The minimum atomic E-state index is -0.579. The van der Waals surface area contributed by atoms with Crippen LogP contribution in [0.15, 0.2) is 48.5 Å². The van der Waals surface area contributed by atoms with Gasteiger partial charge in [-0.1, -0.05) is 24.3 Å². The molecule has 0 heterocycles. The minimum absolute atomic E-state index is 0.127. The average molecular weight is 371 g/mol. The van der Waals surface area contributed by atoms with Gasteiger partial charge in [-0.25, -0.2) is 0 Å². The summed E-state index contributed by atoms with van der Waals surface area (Å²) in [6, 6.07) is 12.9. The van der Waals surface area contributed by atoms with Gasteiger partial charge in [0.2, 0.25) is 5.91 Å². The van der Waals surface area contributed by atoms with E-state index in [2.05, 4.69) is 5.32 Å². The summed E-state index contributed by atoms with van der Waals surface area (Å²) in [5.41, 5.74) is 0.956. The molecule has 0 bridgehead atoms. The van der Waals surface area contributed by atoms with Crippen molar-refractivity contribution in [3.63, 3.8) is 0 Å². The van der Waals surface area contributed by atoms with E-state index in [9.17, 15) is 19.7 Å². The van der Waals surface area contributed by atoms with Crippen molar-refractivity contribution in [2.45, 2.75) is 6.92 Å². The van der Waals surface area contributed by atoms with Gasteiger partial charge in [-0.15, -0.1) is 0 Å². The molecule has 8 nitrogen and oxygen atoms in total. The minimum Gasteiger partial charge on any atom is -0.491 e. The fourth-order valence-electron chi connectivity index (χ4n) is 2.29. The Morgan fingerprint density at radius 2 is 1.93 bits per heavy atom. The van der Waals surface area contributed by atoms with Crippen molar-refractivity contribution >= 4 is 17.5 Å². The largest absolute Gasteiger partial charge is 0.491 e. The van der Waals surface area contributed by atoms with Crippen molar-refractivity contribution in [3.8, 4) is 5.75 Å². The topological polar surface area (TPSA) is 102 Å². The molecule has 2 rings (SSSR count). The quantitative estimate of drug-likeness (QED) is 0.566. The number of amides is 2. The van der Waals surface area contributed by atoms with Gasteiger partial charge < -0.3 is 15.0 Å². The summed E-state index contributed by atoms with van der Waals surface area (Å²) < 4.78 is 5.64. The third-order valence-electron chi connectivity index (χ3n) is 3.92. The summed E-state index contributed by atoms with van der Waals surface area (Å²) in [6.07, 6.45) is 0. The molecule has 1 N–H and O–H groups in total. The van der Waals surface area contributed by atoms with Gasteiger partial charge in [0.1, 0.15) is 12.4 Å². The first kappa shape index (κ1) is 19.9. The third-order valence-corrected chi connectivity index (χ3v) is 3.92. The van der Waals surface area contributed by atoms with E-state index in [1.165, 1.54) is 29.2 Å². The van der Waals surface area contributed by atoms with Crippen LogP contribution in [0.25, 0.3) is 0 Å². The maximum Gasteiger partial charge on any atom is 0.270 e. The summed E-state index contributed by atoms with van der Waals surface area (Å²) >= 11 is 0. The van der Waals surface area contributed by atoms with Crippen LogP contribution < -0.4 is 10.1 Å². The number of non-ortho nitro benzene ring substituents is 1. The number of hydrogen-bond donors (Lipinski definition) is 1. The molecular formula is C19H21N3O5. The lowest BCUT2D eigenvalue weighted by molar-refractivity contribution is -0.384. The normalized spacial score (nSPS) is 10.1. The summed E-state index contributed by atoms with van der Waals surface area (Å²) in [6.45, 7) is 2.42. The van der Waals surface area contributed by atoms with Gasteiger partial charge in [0.15, 0.2) is 0 Å². The molecule has 8 heteroatoms. The molecule has 0 saturated carbocycles. The second-order valence-corrected chi connectivity index (χ2v) is 5.92. The molecule has 142 valence electrons. The number of carbonyl (C=O) groups is 2.